The first-order valence-corrected chi connectivity index (χ1v) is 8.70. The quantitative estimate of drug-likeness (QED) is 0.831. The average Bonchev–Trinajstić information content (AvgIpc) is 2.98. The minimum Gasteiger partial charge on any atom is -0.352 e. The lowest BCUT2D eigenvalue weighted by Gasteiger charge is -2.17. The Hall–Kier alpha value is -1.66. The summed E-state index contributed by atoms with van der Waals surface area (Å²) >= 11 is 7.19. The molecular weight excluding hydrogens is 332 g/mol. The second-order valence-corrected chi connectivity index (χ2v) is 6.70. The third-order valence-corrected chi connectivity index (χ3v) is 4.58. The third-order valence-electron chi connectivity index (χ3n) is 3.46. The number of nitrogens with one attached hydrogen (secondary N) is 1. The first-order valence-electron chi connectivity index (χ1n) is 7.55. The van der Waals surface area contributed by atoms with Gasteiger partial charge in [-0.15, -0.1) is 0 Å². The largest absolute Gasteiger partial charge is 0.352 e. The summed E-state index contributed by atoms with van der Waals surface area (Å²) in [6, 6.07) is 7.83. The van der Waals surface area contributed by atoms with E-state index >= 15 is 0 Å². The molecule has 1 aromatic heterocycles. The Kier molecular flexibility index (Phi) is 6.36. The van der Waals surface area contributed by atoms with E-state index in [0.717, 1.165) is 22.9 Å². The van der Waals surface area contributed by atoms with E-state index in [9.17, 15) is 4.79 Å². The minimum absolute atomic E-state index is 0.00342. The number of benzene rings is 1. The topological polar surface area (TPSA) is 58.1 Å². The van der Waals surface area contributed by atoms with Gasteiger partial charge in [0.15, 0.2) is 0 Å². The van der Waals surface area contributed by atoms with Crippen molar-refractivity contribution in [1.82, 2.24) is 14.7 Å². The standard InChI is InChI=1S/C16H21ClN4OS/c1-4-11(2)18-15(22)10-21(3)16-19-14(20-23-16)9-12-5-7-13(17)8-6-12/h5-8,11H,4,9-10H2,1-3H3,(H,18,22). The van der Waals surface area contributed by atoms with E-state index in [2.05, 4.69) is 14.7 Å². The number of hydrogen-bond donors (Lipinski definition) is 1. The van der Waals surface area contributed by atoms with Crippen LogP contribution in [0, 0.1) is 0 Å². The molecule has 0 saturated carbocycles. The Morgan fingerprint density at radius 2 is 2.09 bits per heavy atom. The number of carbonyl (C=O) groups is 1. The Morgan fingerprint density at radius 3 is 2.74 bits per heavy atom. The zero-order chi connectivity index (χ0) is 16.8. The molecule has 7 heteroatoms. The zero-order valence-corrected chi connectivity index (χ0v) is 15.1. The molecule has 2 rings (SSSR count). The molecular formula is C16H21ClN4OS. The molecule has 0 saturated heterocycles. The molecule has 0 spiro atoms. The lowest BCUT2D eigenvalue weighted by atomic mass is 10.1. The van der Waals surface area contributed by atoms with Crippen LogP contribution in [-0.2, 0) is 11.2 Å². The maximum absolute atomic E-state index is 11.9. The van der Waals surface area contributed by atoms with E-state index < -0.39 is 0 Å². The first kappa shape index (κ1) is 17.7. The van der Waals surface area contributed by atoms with Crippen LogP contribution < -0.4 is 10.2 Å². The summed E-state index contributed by atoms with van der Waals surface area (Å²) in [5, 5.41) is 4.40. The SMILES string of the molecule is CCC(C)NC(=O)CN(C)c1nc(Cc2ccc(Cl)cc2)ns1. The van der Waals surface area contributed by atoms with Crippen LogP contribution >= 0.6 is 23.1 Å². The smallest absolute Gasteiger partial charge is 0.239 e. The van der Waals surface area contributed by atoms with Gasteiger partial charge in [0.05, 0.1) is 6.54 Å². The maximum atomic E-state index is 11.9. The molecule has 0 aliphatic heterocycles. The highest BCUT2D eigenvalue weighted by Gasteiger charge is 2.13. The van der Waals surface area contributed by atoms with Gasteiger partial charge in [0, 0.05) is 36.1 Å². The van der Waals surface area contributed by atoms with E-state index in [-0.39, 0.29) is 18.5 Å². The fourth-order valence-corrected chi connectivity index (χ4v) is 2.73. The molecule has 0 fully saturated rings. The van der Waals surface area contributed by atoms with Gasteiger partial charge in [-0.1, -0.05) is 30.7 Å². The summed E-state index contributed by atoms with van der Waals surface area (Å²) in [5.74, 6) is 0.748. The number of hydrogen-bond acceptors (Lipinski definition) is 5. The van der Waals surface area contributed by atoms with Crippen molar-refractivity contribution in [3.05, 3.63) is 40.7 Å². The van der Waals surface area contributed by atoms with Gasteiger partial charge in [-0.05, 0) is 31.0 Å². The highest BCUT2D eigenvalue weighted by molar-refractivity contribution is 7.09. The van der Waals surface area contributed by atoms with Crippen molar-refractivity contribution in [2.45, 2.75) is 32.7 Å². The molecule has 0 aliphatic carbocycles. The van der Waals surface area contributed by atoms with Gasteiger partial charge in [-0.3, -0.25) is 4.79 Å². The van der Waals surface area contributed by atoms with Gasteiger partial charge < -0.3 is 10.2 Å². The molecule has 1 unspecified atom stereocenters. The van der Waals surface area contributed by atoms with Gasteiger partial charge in [0.2, 0.25) is 11.0 Å². The number of carbonyl (C=O) groups excluding carboxylic acids is 1. The van der Waals surface area contributed by atoms with Crippen molar-refractivity contribution in [2.24, 2.45) is 0 Å². The molecule has 1 heterocycles. The monoisotopic (exact) mass is 352 g/mol. The van der Waals surface area contributed by atoms with E-state index in [4.69, 9.17) is 11.6 Å². The second-order valence-electron chi connectivity index (χ2n) is 5.53. The number of halogens is 1. The molecule has 124 valence electrons. The lowest BCUT2D eigenvalue weighted by molar-refractivity contribution is -0.120. The van der Waals surface area contributed by atoms with Crippen LogP contribution in [0.4, 0.5) is 5.13 Å². The molecule has 0 bridgehead atoms. The van der Waals surface area contributed by atoms with Crippen LogP contribution in [0.3, 0.4) is 0 Å². The third kappa shape index (κ3) is 5.48. The van der Waals surface area contributed by atoms with E-state index in [0.29, 0.717) is 11.4 Å². The Labute approximate surface area is 145 Å². The fourth-order valence-electron chi connectivity index (χ4n) is 1.96. The van der Waals surface area contributed by atoms with Crippen LogP contribution in [0.1, 0.15) is 31.7 Å². The zero-order valence-electron chi connectivity index (χ0n) is 13.5. The summed E-state index contributed by atoms with van der Waals surface area (Å²) in [6.07, 6.45) is 1.57. The number of aromatic nitrogens is 2. The van der Waals surface area contributed by atoms with Crippen LogP contribution in [0.15, 0.2) is 24.3 Å². The molecule has 1 N–H and O–H groups in total. The predicted molar refractivity (Wildman–Crippen MR) is 95.3 cm³/mol. The summed E-state index contributed by atoms with van der Waals surface area (Å²) in [7, 11) is 1.85. The van der Waals surface area contributed by atoms with Gasteiger partial charge in [0.25, 0.3) is 0 Å². The van der Waals surface area contributed by atoms with Crippen molar-refractivity contribution >= 4 is 34.2 Å². The highest BCUT2D eigenvalue weighted by atomic mass is 35.5. The number of nitrogens with zero attached hydrogens (tertiary/aromatic N) is 3. The van der Waals surface area contributed by atoms with Crippen molar-refractivity contribution < 1.29 is 4.79 Å². The Bertz CT molecular complexity index is 644. The van der Waals surface area contributed by atoms with E-state index in [1.54, 1.807) is 0 Å². The number of likely N-dealkylation sites (N-methyl/N-ethyl adjacent to an activating group) is 1. The normalized spacial score (nSPS) is 12.0. The summed E-state index contributed by atoms with van der Waals surface area (Å²) in [4.78, 5) is 18.2. The average molecular weight is 353 g/mol. The van der Waals surface area contributed by atoms with Crippen molar-refractivity contribution in [3.63, 3.8) is 0 Å². The number of amides is 1. The summed E-state index contributed by atoms with van der Waals surface area (Å²) in [5.41, 5.74) is 1.11. The minimum atomic E-state index is -0.00342. The molecule has 1 amide bonds. The van der Waals surface area contributed by atoms with Crippen molar-refractivity contribution in [3.8, 4) is 0 Å². The van der Waals surface area contributed by atoms with Crippen LogP contribution in [0.2, 0.25) is 5.02 Å². The number of anilines is 1. The van der Waals surface area contributed by atoms with E-state index in [1.807, 2.05) is 50.1 Å². The highest BCUT2D eigenvalue weighted by Crippen LogP contribution is 2.18. The molecule has 2 aromatic rings. The fraction of sp³-hybridized carbons (Fsp3) is 0.438. The first-order chi connectivity index (χ1) is 11.0. The van der Waals surface area contributed by atoms with Gasteiger partial charge in [-0.2, -0.15) is 4.37 Å². The molecule has 23 heavy (non-hydrogen) atoms. The van der Waals surface area contributed by atoms with Crippen molar-refractivity contribution in [1.29, 1.82) is 0 Å². The van der Waals surface area contributed by atoms with Gasteiger partial charge in [0.1, 0.15) is 5.82 Å². The van der Waals surface area contributed by atoms with E-state index in [1.165, 1.54) is 11.5 Å². The molecule has 5 nitrogen and oxygen atoms in total. The summed E-state index contributed by atoms with van der Waals surface area (Å²) < 4.78 is 4.36. The van der Waals surface area contributed by atoms with Crippen LogP contribution in [0.5, 0.6) is 0 Å². The molecule has 1 aromatic carbocycles. The lowest BCUT2D eigenvalue weighted by Crippen LogP contribution is -2.39. The van der Waals surface area contributed by atoms with Crippen molar-refractivity contribution in [2.75, 3.05) is 18.5 Å². The Balaban J connectivity index is 1.92. The van der Waals surface area contributed by atoms with Crippen LogP contribution in [-0.4, -0.2) is 34.9 Å². The second kappa shape index (κ2) is 8.26. The molecule has 0 aliphatic rings. The van der Waals surface area contributed by atoms with Gasteiger partial charge in [-0.25, -0.2) is 4.98 Å². The van der Waals surface area contributed by atoms with Gasteiger partial charge >= 0.3 is 0 Å². The molecule has 1 atom stereocenters. The maximum Gasteiger partial charge on any atom is 0.239 e. The van der Waals surface area contributed by atoms with Crippen LogP contribution in [0.25, 0.3) is 0 Å². The summed E-state index contributed by atoms with van der Waals surface area (Å²) in [6.45, 7) is 4.31. The predicted octanol–water partition coefficient (Wildman–Crippen LogP) is 3.13. The Morgan fingerprint density at radius 1 is 1.39 bits per heavy atom. The molecule has 0 radical (unpaired) electrons. The number of rotatable bonds is 7.